The third-order valence-corrected chi connectivity index (χ3v) is 3.00. The summed E-state index contributed by atoms with van der Waals surface area (Å²) in [4.78, 5) is 0. The number of halogens is 2. The lowest BCUT2D eigenvalue weighted by Gasteiger charge is -2.14. The van der Waals surface area contributed by atoms with E-state index in [0.717, 1.165) is 35.3 Å². The average molecular weight is 262 g/mol. The molecule has 0 fully saturated rings. The van der Waals surface area contributed by atoms with E-state index < -0.39 is 0 Å². The Morgan fingerprint density at radius 2 is 2.12 bits per heavy atom. The summed E-state index contributed by atoms with van der Waals surface area (Å²) in [5.41, 5.74) is 1.08. The van der Waals surface area contributed by atoms with Gasteiger partial charge in [0.2, 0.25) is 0 Å². The van der Waals surface area contributed by atoms with Crippen molar-refractivity contribution in [3.8, 4) is 0 Å². The lowest BCUT2D eigenvalue weighted by Crippen LogP contribution is -2.24. The molecule has 0 aliphatic carbocycles. The first-order valence-corrected chi connectivity index (χ1v) is 6.05. The van der Waals surface area contributed by atoms with E-state index in [1.807, 2.05) is 12.1 Å². The van der Waals surface area contributed by atoms with E-state index in [0.29, 0.717) is 5.92 Å². The highest BCUT2D eigenvalue weighted by atomic mass is 35.5. The highest BCUT2D eigenvalue weighted by molar-refractivity contribution is 6.33. The summed E-state index contributed by atoms with van der Waals surface area (Å²) in [6.07, 6.45) is 0. The zero-order chi connectivity index (χ0) is 12.0. The molecule has 16 heavy (non-hydrogen) atoms. The van der Waals surface area contributed by atoms with Gasteiger partial charge in [-0.2, -0.15) is 0 Å². The Hall–Kier alpha value is -0.280. The molecule has 1 aromatic carbocycles. The maximum absolute atomic E-state index is 6.12. The van der Waals surface area contributed by atoms with Crippen molar-refractivity contribution in [1.82, 2.24) is 5.32 Å². The van der Waals surface area contributed by atoms with Crippen LogP contribution in [0.2, 0.25) is 10.0 Å². The standard InChI is InChI=1S/C12H17Cl2NO/c1-9(8-15-5-6-16-2)11-7-10(13)3-4-12(11)14/h3-4,7,9,15H,5-6,8H2,1-2H3. The molecular weight excluding hydrogens is 245 g/mol. The van der Waals surface area contributed by atoms with E-state index >= 15 is 0 Å². The van der Waals surface area contributed by atoms with Crippen LogP contribution in [0.3, 0.4) is 0 Å². The number of ether oxygens (including phenoxy) is 1. The molecular formula is C12H17Cl2NO. The van der Waals surface area contributed by atoms with Crippen LogP contribution in [0.1, 0.15) is 18.4 Å². The summed E-state index contributed by atoms with van der Waals surface area (Å²) < 4.78 is 4.96. The van der Waals surface area contributed by atoms with Crippen LogP contribution in [0.4, 0.5) is 0 Å². The minimum absolute atomic E-state index is 0.336. The Balaban J connectivity index is 2.51. The van der Waals surface area contributed by atoms with E-state index in [9.17, 15) is 0 Å². The lowest BCUT2D eigenvalue weighted by atomic mass is 10.0. The summed E-state index contributed by atoms with van der Waals surface area (Å²) in [5.74, 6) is 0.336. The molecule has 1 N–H and O–H groups in total. The number of methoxy groups -OCH3 is 1. The lowest BCUT2D eigenvalue weighted by molar-refractivity contribution is 0.199. The summed E-state index contributed by atoms with van der Waals surface area (Å²) >= 11 is 12.1. The van der Waals surface area contributed by atoms with Crippen LogP contribution in [-0.4, -0.2) is 26.8 Å². The van der Waals surface area contributed by atoms with Gasteiger partial charge >= 0.3 is 0 Å². The summed E-state index contributed by atoms with van der Waals surface area (Å²) in [6, 6.07) is 5.57. The molecule has 1 aromatic rings. The van der Waals surface area contributed by atoms with Crippen molar-refractivity contribution in [2.75, 3.05) is 26.8 Å². The number of nitrogens with one attached hydrogen (secondary N) is 1. The number of hydrogen-bond acceptors (Lipinski definition) is 2. The zero-order valence-corrected chi connectivity index (χ0v) is 11.1. The average Bonchev–Trinajstić information content (AvgIpc) is 2.27. The van der Waals surface area contributed by atoms with Gasteiger partial charge in [-0.1, -0.05) is 30.1 Å². The van der Waals surface area contributed by atoms with Gasteiger partial charge in [0.15, 0.2) is 0 Å². The second-order valence-corrected chi connectivity index (χ2v) is 4.61. The Bertz CT molecular complexity index is 331. The van der Waals surface area contributed by atoms with Gasteiger partial charge in [0.05, 0.1) is 6.61 Å². The first-order chi connectivity index (χ1) is 7.65. The molecule has 0 saturated heterocycles. The molecule has 0 bridgehead atoms. The number of benzene rings is 1. The predicted molar refractivity (Wildman–Crippen MR) is 69.6 cm³/mol. The van der Waals surface area contributed by atoms with E-state index in [1.165, 1.54) is 0 Å². The fraction of sp³-hybridized carbons (Fsp3) is 0.500. The maximum Gasteiger partial charge on any atom is 0.0587 e. The van der Waals surface area contributed by atoms with Gasteiger partial charge in [-0.05, 0) is 29.7 Å². The van der Waals surface area contributed by atoms with Gasteiger partial charge in [-0.25, -0.2) is 0 Å². The van der Waals surface area contributed by atoms with Crippen LogP contribution in [0, 0.1) is 0 Å². The molecule has 4 heteroatoms. The molecule has 90 valence electrons. The summed E-state index contributed by atoms with van der Waals surface area (Å²) in [6.45, 7) is 4.55. The van der Waals surface area contributed by atoms with Crippen LogP contribution < -0.4 is 5.32 Å². The number of hydrogen-bond donors (Lipinski definition) is 1. The van der Waals surface area contributed by atoms with Crippen molar-refractivity contribution in [2.24, 2.45) is 0 Å². The molecule has 2 nitrogen and oxygen atoms in total. The van der Waals surface area contributed by atoms with Crippen molar-refractivity contribution in [3.63, 3.8) is 0 Å². The fourth-order valence-electron chi connectivity index (χ4n) is 1.50. The third-order valence-electron chi connectivity index (χ3n) is 2.42. The largest absolute Gasteiger partial charge is 0.383 e. The first kappa shape index (κ1) is 13.8. The molecule has 0 amide bonds. The van der Waals surface area contributed by atoms with Gasteiger partial charge in [-0.15, -0.1) is 0 Å². The van der Waals surface area contributed by atoms with Gasteiger partial charge in [0.25, 0.3) is 0 Å². The molecule has 1 unspecified atom stereocenters. The van der Waals surface area contributed by atoms with Crippen molar-refractivity contribution >= 4 is 23.2 Å². The molecule has 0 aliphatic rings. The molecule has 0 heterocycles. The van der Waals surface area contributed by atoms with Crippen molar-refractivity contribution in [3.05, 3.63) is 33.8 Å². The third kappa shape index (κ3) is 4.30. The van der Waals surface area contributed by atoms with Crippen LogP contribution in [0.5, 0.6) is 0 Å². The normalized spacial score (nSPS) is 12.8. The molecule has 0 spiro atoms. The van der Waals surface area contributed by atoms with Crippen molar-refractivity contribution < 1.29 is 4.74 Å². The van der Waals surface area contributed by atoms with Crippen molar-refractivity contribution in [2.45, 2.75) is 12.8 Å². The molecule has 1 rings (SSSR count). The minimum Gasteiger partial charge on any atom is -0.383 e. The second-order valence-electron chi connectivity index (χ2n) is 3.76. The first-order valence-electron chi connectivity index (χ1n) is 5.29. The van der Waals surface area contributed by atoms with Crippen LogP contribution >= 0.6 is 23.2 Å². The summed E-state index contributed by atoms with van der Waals surface area (Å²) in [7, 11) is 1.69. The summed E-state index contributed by atoms with van der Waals surface area (Å²) in [5, 5.41) is 4.80. The molecule has 0 aliphatic heterocycles. The Kier molecular flexibility index (Phi) is 6.14. The van der Waals surface area contributed by atoms with Gasteiger partial charge in [0.1, 0.15) is 0 Å². The van der Waals surface area contributed by atoms with Crippen LogP contribution in [-0.2, 0) is 4.74 Å². The quantitative estimate of drug-likeness (QED) is 0.794. The Morgan fingerprint density at radius 3 is 2.81 bits per heavy atom. The highest BCUT2D eigenvalue weighted by Gasteiger charge is 2.09. The monoisotopic (exact) mass is 261 g/mol. The molecule has 0 aromatic heterocycles. The molecule has 0 radical (unpaired) electrons. The van der Waals surface area contributed by atoms with Crippen LogP contribution in [0.25, 0.3) is 0 Å². The van der Waals surface area contributed by atoms with Gasteiger partial charge < -0.3 is 10.1 Å². The van der Waals surface area contributed by atoms with Crippen molar-refractivity contribution in [1.29, 1.82) is 0 Å². The molecule has 0 saturated carbocycles. The fourth-order valence-corrected chi connectivity index (χ4v) is 1.98. The Labute approximate surface area is 107 Å². The van der Waals surface area contributed by atoms with E-state index in [4.69, 9.17) is 27.9 Å². The van der Waals surface area contributed by atoms with E-state index in [1.54, 1.807) is 13.2 Å². The molecule has 1 atom stereocenters. The Morgan fingerprint density at radius 1 is 1.38 bits per heavy atom. The predicted octanol–water partition coefficient (Wildman–Crippen LogP) is 3.33. The van der Waals surface area contributed by atoms with Gasteiger partial charge in [0, 0.05) is 30.2 Å². The van der Waals surface area contributed by atoms with E-state index in [-0.39, 0.29) is 0 Å². The topological polar surface area (TPSA) is 21.3 Å². The van der Waals surface area contributed by atoms with Gasteiger partial charge in [-0.3, -0.25) is 0 Å². The van der Waals surface area contributed by atoms with E-state index in [2.05, 4.69) is 12.2 Å². The second kappa shape index (κ2) is 7.13. The smallest absolute Gasteiger partial charge is 0.0587 e. The zero-order valence-electron chi connectivity index (χ0n) is 9.59. The highest BCUT2D eigenvalue weighted by Crippen LogP contribution is 2.26. The minimum atomic E-state index is 0.336. The SMILES string of the molecule is COCCNCC(C)c1cc(Cl)ccc1Cl. The maximum atomic E-state index is 6.12. The number of rotatable bonds is 6. The van der Waals surface area contributed by atoms with Crippen LogP contribution in [0.15, 0.2) is 18.2 Å².